The molecule has 0 spiro atoms. The number of rotatable bonds is 16. The summed E-state index contributed by atoms with van der Waals surface area (Å²) in [4.78, 5) is 26.3. The second-order valence-electron chi connectivity index (χ2n) is 11.6. The van der Waals surface area contributed by atoms with Crippen molar-refractivity contribution in [2.24, 2.45) is 5.92 Å². The lowest BCUT2D eigenvalue weighted by atomic mass is 9.84. The molecule has 11 heteroatoms. The van der Waals surface area contributed by atoms with Crippen LogP contribution in [0.4, 0.5) is 10.5 Å². The molecule has 0 saturated heterocycles. The monoisotopic (exact) mass is 638 g/mol. The summed E-state index contributed by atoms with van der Waals surface area (Å²) in [5, 5.41) is 16.0. The average molecular weight is 639 g/mol. The highest BCUT2D eigenvalue weighted by atomic mass is 32.2. The van der Waals surface area contributed by atoms with Crippen LogP contribution in [0, 0.1) is 5.92 Å². The van der Waals surface area contributed by atoms with Gasteiger partial charge in [0.25, 0.3) is 0 Å². The molecule has 0 bridgehead atoms. The van der Waals surface area contributed by atoms with Crippen molar-refractivity contribution >= 4 is 27.7 Å². The zero-order chi connectivity index (χ0) is 33.0. The van der Waals surface area contributed by atoms with Gasteiger partial charge in [0.05, 0.1) is 18.6 Å². The summed E-state index contributed by atoms with van der Waals surface area (Å²) >= 11 is 0. The van der Waals surface area contributed by atoms with Gasteiger partial charge in [-0.1, -0.05) is 74.5 Å². The van der Waals surface area contributed by atoms with Crippen molar-refractivity contribution in [2.75, 3.05) is 26.0 Å². The number of carbonyl (C=O) groups is 2. The molecule has 3 unspecified atom stereocenters. The van der Waals surface area contributed by atoms with Gasteiger partial charge >= 0.3 is 6.09 Å². The number of alkyl carbamates (subject to hydrolysis) is 1. The minimum Gasteiger partial charge on any atom is -0.453 e. The molecule has 0 radical (unpaired) electrons. The number of aliphatic hydroxyl groups excluding tert-OH is 1. The Morgan fingerprint density at radius 2 is 1.42 bits per heavy atom. The number of aliphatic hydroxyl groups is 1. The van der Waals surface area contributed by atoms with Crippen LogP contribution >= 0.6 is 0 Å². The molecular weight excluding hydrogens is 592 g/mol. The summed E-state index contributed by atoms with van der Waals surface area (Å²) in [6, 6.07) is 23.1. The van der Waals surface area contributed by atoms with Crippen molar-refractivity contribution in [3.05, 3.63) is 96.1 Å². The Morgan fingerprint density at radius 3 is 1.91 bits per heavy atom. The number of hydrogen-bond acceptors (Lipinski definition) is 7. The van der Waals surface area contributed by atoms with Crippen LogP contribution in [0.25, 0.3) is 0 Å². The fourth-order valence-corrected chi connectivity index (χ4v) is 7.16. The van der Waals surface area contributed by atoms with Crippen molar-refractivity contribution in [1.82, 2.24) is 14.9 Å². The normalized spacial score (nSPS) is 13.8. The molecule has 3 aromatic carbocycles. The third kappa shape index (κ3) is 10.0. The second kappa shape index (κ2) is 17.0. The minimum atomic E-state index is -3.89. The van der Waals surface area contributed by atoms with Gasteiger partial charge in [-0.15, -0.1) is 0 Å². The molecule has 0 aliphatic heterocycles. The zero-order valence-corrected chi connectivity index (χ0v) is 27.2. The summed E-state index contributed by atoms with van der Waals surface area (Å²) < 4.78 is 33.4. The van der Waals surface area contributed by atoms with E-state index in [1.807, 2.05) is 81.4 Å². The summed E-state index contributed by atoms with van der Waals surface area (Å²) in [6.45, 7) is 5.61. The van der Waals surface area contributed by atoms with E-state index in [1.165, 1.54) is 23.5 Å². The first-order chi connectivity index (χ1) is 21.5. The van der Waals surface area contributed by atoms with Crippen LogP contribution in [0.1, 0.15) is 57.1 Å². The first-order valence-corrected chi connectivity index (χ1v) is 16.6. The van der Waals surface area contributed by atoms with Crippen molar-refractivity contribution in [1.29, 1.82) is 0 Å². The van der Waals surface area contributed by atoms with E-state index in [1.54, 1.807) is 12.1 Å². The maximum absolute atomic E-state index is 13.8. The van der Waals surface area contributed by atoms with E-state index >= 15 is 0 Å². The fourth-order valence-electron chi connectivity index (χ4n) is 5.35. The Kier molecular flexibility index (Phi) is 13.4. The van der Waals surface area contributed by atoms with E-state index in [9.17, 15) is 23.1 Å². The number of benzene rings is 3. The van der Waals surface area contributed by atoms with Gasteiger partial charge in [0.15, 0.2) is 0 Å². The third-order valence-electron chi connectivity index (χ3n) is 7.60. The molecule has 244 valence electrons. The van der Waals surface area contributed by atoms with Crippen LogP contribution in [0.5, 0.6) is 0 Å². The number of nitrogens with two attached hydrogens (primary N) is 1. The molecule has 0 heterocycles. The number of anilines is 1. The van der Waals surface area contributed by atoms with Crippen LogP contribution in [0.3, 0.4) is 0 Å². The lowest BCUT2D eigenvalue weighted by Gasteiger charge is -2.32. The number of sulfonamides is 1. The highest BCUT2D eigenvalue weighted by Crippen LogP contribution is 2.29. The number of methoxy groups -OCH3 is 1. The standard InChI is InChI=1S/C34H46N4O6S/c1-24(2)22-38(45(42,43)30-20-18-28(35)19-21-30)29(23-39)17-11-12-25(3)36-33(40)32(37-34(41)44-4)31(26-13-7-5-8-14-26)27-15-9-6-10-16-27/h5-10,13-16,18-21,24-25,29,31-32,39H,11-12,17,22-23,35H2,1-4H3,(H,36,40)(H,37,41). The van der Waals surface area contributed by atoms with Gasteiger partial charge in [-0.25, -0.2) is 13.2 Å². The van der Waals surface area contributed by atoms with Crippen LogP contribution in [-0.2, 0) is 19.6 Å². The fraction of sp³-hybridized carbons (Fsp3) is 0.412. The maximum Gasteiger partial charge on any atom is 0.407 e. The number of amides is 2. The van der Waals surface area contributed by atoms with Crippen LogP contribution in [-0.4, -0.2) is 68.2 Å². The highest BCUT2D eigenvalue weighted by molar-refractivity contribution is 7.89. The van der Waals surface area contributed by atoms with E-state index in [2.05, 4.69) is 10.6 Å². The summed E-state index contributed by atoms with van der Waals surface area (Å²) in [7, 11) is -2.63. The zero-order valence-electron chi connectivity index (χ0n) is 26.4. The summed E-state index contributed by atoms with van der Waals surface area (Å²) in [6.07, 6.45) is 0.719. The van der Waals surface area contributed by atoms with Gasteiger partial charge in [-0.3, -0.25) is 4.79 Å². The number of nitrogens with one attached hydrogen (secondary N) is 2. The number of ether oxygens (including phenoxy) is 1. The van der Waals surface area contributed by atoms with Gasteiger partial charge in [0.2, 0.25) is 15.9 Å². The van der Waals surface area contributed by atoms with Crippen molar-refractivity contribution in [3.63, 3.8) is 0 Å². The second-order valence-corrected chi connectivity index (χ2v) is 13.5. The van der Waals surface area contributed by atoms with E-state index in [4.69, 9.17) is 10.5 Å². The van der Waals surface area contributed by atoms with Crippen molar-refractivity contribution < 1.29 is 27.9 Å². The van der Waals surface area contributed by atoms with E-state index in [0.29, 0.717) is 24.9 Å². The van der Waals surface area contributed by atoms with Crippen LogP contribution in [0.15, 0.2) is 89.8 Å². The van der Waals surface area contributed by atoms with Gasteiger partial charge in [0, 0.05) is 30.2 Å². The molecule has 0 aromatic heterocycles. The Labute approximate surface area is 267 Å². The quantitative estimate of drug-likeness (QED) is 0.169. The van der Waals surface area contributed by atoms with Crippen LogP contribution in [0.2, 0.25) is 0 Å². The van der Waals surface area contributed by atoms with E-state index in [-0.39, 0.29) is 35.9 Å². The molecule has 0 aliphatic carbocycles. The SMILES string of the molecule is COC(=O)NC(C(=O)NC(C)CCCC(CO)N(CC(C)C)S(=O)(=O)c1ccc(N)cc1)C(c1ccccc1)c1ccccc1. The van der Waals surface area contributed by atoms with Gasteiger partial charge in [0.1, 0.15) is 6.04 Å². The summed E-state index contributed by atoms with van der Waals surface area (Å²) in [5.74, 6) is -0.834. The smallest absolute Gasteiger partial charge is 0.407 e. The molecular formula is C34H46N4O6S. The van der Waals surface area contributed by atoms with Crippen molar-refractivity contribution in [3.8, 4) is 0 Å². The summed E-state index contributed by atoms with van der Waals surface area (Å²) in [5.41, 5.74) is 7.93. The number of nitrogen functional groups attached to an aromatic ring is 1. The van der Waals surface area contributed by atoms with Gasteiger partial charge in [-0.2, -0.15) is 4.31 Å². The lowest BCUT2D eigenvalue weighted by molar-refractivity contribution is -0.124. The van der Waals surface area contributed by atoms with Gasteiger partial charge < -0.3 is 26.2 Å². The van der Waals surface area contributed by atoms with Crippen LogP contribution < -0.4 is 16.4 Å². The molecule has 3 aromatic rings. The Balaban J connectivity index is 1.75. The number of carbonyl (C=O) groups excluding carboxylic acids is 2. The molecule has 0 fully saturated rings. The molecule has 5 N–H and O–H groups in total. The topological polar surface area (TPSA) is 151 Å². The molecule has 0 saturated carbocycles. The average Bonchev–Trinajstić information content (AvgIpc) is 3.03. The molecule has 10 nitrogen and oxygen atoms in total. The molecule has 0 aliphatic rings. The molecule has 3 rings (SSSR count). The maximum atomic E-state index is 13.8. The van der Waals surface area contributed by atoms with E-state index in [0.717, 1.165) is 11.1 Å². The molecule has 45 heavy (non-hydrogen) atoms. The predicted octanol–water partition coefficient (Wildman–Crippen LogP) is 4.51. The highest BCUT2D eigenvalue weighted by Gasteiger charge is 2.34. The predicted molar refractivity (Wildman–Crippen MR) is 176 cm³/mol. The Bertz CT molecular complexity index is 1410. The molecule has 3 atom stereocenters. The number of hydrogen-bond donors (Lipinski definition) is 4. The first-order valence-electron chi connectivity index (χ1n) is 15.2. The Hall–Kier alpha value is -3.93. The van der Waals surface area contributed by atoms with E-state index < -0.39 is 34.1 Å². The first kappa shape index (κ1) is 35.5. The number of nitrogens with zero attached hydrogens (tertiary/aromatic N) is 1. The minimum absolute atomic E-state index is 0.0298. The third-order valence-corrected chi connectivity index (χ3v) is 9.54. The lowest BCUT2D eigenvalue weighted by Crippen LogP contribution is -2.52. The Morgan fingerprint density at radius 1 is 0.867 bits per heavy atom. The molecule has 2 amide bonds. The van der Waals surface area contributed by atoms with Crippen molar-refractivity contribution in [2.45, 2.75) is 69.0 Å². The van der Waals surface area contributed by atoms with Gasteiger partial charge in [-0.05, 0) is 67.5 Å². The largest absolute Gasteiger partial charge is 0.453 e.